The average molecular weight is 374 g/mol. The first-order chi connectivity index (χ1) is 5.16. The van der Waals surface area contributed by atoms with Gasteiger partial charge in [-0.3, -0.25) is 4.79 Å². The number of phenols is 1. The number of hydrogen-bond donors (Lipinski definition) is 1. The molecule has 4 heteroatoms. The Bertz CT molecular complexity index is 297. The number of aromatic hydroxyl groups is 1. The molecule has 58 valence electrons. The standard InChI is InChI=1S/C7H4I2O2/c8-5-1-2-6(9)7(11)4(5)3-10/h1-3,11H. The Morgan fingerprint density at radius 2 is 1.82 bits per heavy atom. The summed E-state index contributed by atoms with van der Waals surface area (Å²) in [6.45, 7) is 0. The Morgan fingerprint density at radius 3 is 2.27 bits per heavy atom. The van der Waals surface area contributed by atoms with E-state index in [-0.39, 0.29) is 5.75 Å². The third kappa shape index (κ3) is 1.84. The van der Waals surface area contributed by atoms with Crippen LogP contribution >= 0.6 is 45.2 Å². The van der Waals surface area contributed by atoms with Gasteiger partial charge in [-0.15, -0.1) is 0 Å². The molecule has 0 spiro atoms. The maximum absolute atomic E-state index is 10.4. The highest BCUT2D eigenvalue weighted by atomic mass is 127. The molecule has 2 nitrogen and oxygen atoms in total. The van der Waals surface area contributed by atoms with Gasteiger partial charge in [0.25, 0.3) is 0 Å². The Morgan fingerprint density at radius 1 is 1.27 bits per heavy atom. The summed E-state index contributed by atoms with van der Waals surface area (Å²) in [5.74, 6) is 0.0764. The minimum Gasteiger partial charge on any atom is -0.506 e. The molecular weight excluding hydrogens is 370 g/mol. The number of carbonyl (C=O) groups is 1. The second-order valence-electron chi connectivity index (χ2n) is 1.91. The summed E-state index contributed by atoms with van der Waals surface area (Å²) >= 11 is 3.99. The van der Waals surface area contributed by atoms with Gasteiger partial charge in [0.2, 0.25) is 0 Å². The van der Waals surface area contributed by atoms with Gasteiger partial charge in [0.05, 0.1) is 9.13 Å². The number of hydrogen-bond acceptors (Lipinski definition) is 2. The summed E-state index contributed by atoms with van der Waals surface area (Å²) in [6.07, 6.45) is 0.666. The van der Waals surface area contributed by atoms with Crippen LogP contribution in [0.4, 0.5) is 0 Å². The molecule has 1 rings (SSSR count). The van der Waals surface area contributed by atoms with Crippen molar-refractivity contribution in [3.05, 3.63) is 24.8 Å². The summed E-state index contributed by atoms with van der Waals surface area (Å²) in [4.78, 5) is 10.4. The van der Waals surface area contributed by atoms with Crippen molar-refractivity contribution in [1.82, 2.24) is 0 Å². The van der Waals surface area contributed by atoms with E-state index in [9.17, 15) is 9.90 Å². The number of halogens is 2. The van der Waals surface area contributed by atoms with E-state index in [0.717, 1.165) is 3.57 Å². The molecule has 0 unspecified atom stereocenters. The molecule has 0 bridgehead atoms. The second-order valence-corrected chi connectivity index (χ2v) is 4.23. The largest absolute Gasteiger partial charge is 0.506 e. The Kier molecular flexibility index (Phi) is 3.11. The lowest BCUT2D eigenvalue weighted by atomic mass is 10.2. The minimum atomic E-state index is 0.0764. The van der Waals surface area contributed by atoms with Crippen LogP contribution in [0, 0.1) is 7.14 Å². The second kappa shape index (κ2) is 3.70. The summed E-state index contributed by atoms with van der Waals surface area (Å²) in [5.41, 5.74) is 0.373. The van der Waals surface area contributed by atoms with Crippen molar-refractivity contribution in [2.45, 2.75) is 0 Å². The van der Waals surface area contributed by atoms with E-state index in [0.29, 0.717) is 15.4 Å². The van der Waals surface area contributed by atoms with Crippen molar-refractivity contribution in [2.24, 2.45) is 0 Å². The zero-order valence-electron chi connectivity index (χ0n) is 5.34. The first-order valence-corrected chi connectivity index (χ1v) is 4.94. The van der Waals surface area contributed by atoms with Crippen molar-refractivity contribution in [2.75, 3.05) is 0 Å². The van der Waals surface area contributed by atoms with E-state index in [1.807, 2.05) is 45.2 Å². The molecule has 11 heavy (non-hydrogen) atoms. The van der Waals surface area contributed by atoms with E-state index in [4.69, 9.17) is 0 Å². The quantitative estimate of drug-likeness (QED) is 0.606. The van der Waals surface area contributed by atoms with E-state index in [1.54, 1.807) is 12.1 Å². The first kappa shape index (κ1) is 9.24. The van der Waals surface area contributed by atoms with Crippen molar-refractivity contribution in [3.63, 3.8) is 0 Å². The van der Waals surface area contributed by atoms with Crippen LogP contribution in [0.5, 0.6) is 5.75 Å². The van der Waals surface area contributed by atoms with Gasteiger partial charge in [-0.05, 0) is 57.3 Å². The van der Waals surface area contributed by atoms with Gasteiger partial charge in [0.1, 0.15) is 5.75 Å². The number of phenolic OH excluding ortho intramolecular Hbond substituents is 1. The van der Waals surface area contributed by atoms with Crippen LogP contribution in [-0.4, -0.2) is 11.4 Å². The van der Waals surface area contributed by atoms with Gasteiger partial charge >= 0.3 is 0 Å². The molecule has 0 saturated carbocycles. The van der Waals surface area contributed by atoms with Crippen LogP contribution in [0.1, 0.15) is 10.4 Å². The highest BCUT2D eigenvalue weighted by molar-refractivity contribution is 14.1. The van der Waals surface area contributed by atoms with Crippen LogP contribution in [0.15, 0.2) is 12.1 Å². The molecule has 0 amide bonds. The Labute approximate surface area is 91.3 Å². The van der Waals surface area contributed by atoms with Gasteiger partial charge in [-0.25, -0.2) is 0 Å². The van der Waals surface area contributed by atoms with Gasteiger partial charge in [-0.1, -0.05) is 0 Å². The molecule has 0 aliphatic rings. The summed E-state index contributed by atoms with van der Waals surface area (Å²) in [7, 11) is 0. The molecule has 0 aromatic heterocycles. The van der Waals surface area contributed by atoms with Crippen molar-refractivity contribution in [1.29, 1.82) is 0 Å². The normalized spacial score (nSPS) is 9.64. The fraction of sp³-hybridized carbons (Fsp3) is 0. The van der Waals surface area contributed by atoms with Crippen LogP contribution < -0.4 is 0 Å². The third-order valence-corrected chi connectivity index (χ3v) is 3.04. The van der Waals surface area contributed by atoms with Crippen LogP contribution in [0.2, 0.25) is 0 Å². The van der Waals surface area contributed by atoms with Crippen molar-refractivity contribution < 1.29 is 9.90 Å². The summed E-state index contributed by atoms with van der Waals surface area (Å²) < 4.78 is 1.47. The molecule has 0 heterocycles. The molecule has 1 aromatic carbocycles. The minimum absolute atomic E-state index is 0.0764. The molecule has 0 saturated heterocycles. The van der Waals surface area contributed by atoms with Crippen LogP contribution in [0.3, 0.4) is 0 Å². The highest BCUT2D eigenvalue weighted by Gasteiger charge is 2.07. The van der Waals surface area contributed by atoms with E-state index >= 15 is 0 Å². The van der Waals surface area contributed by atoms with Gasteiger partial charge in [0, 0.05) is 3.57 Å². The monoisotopic (exact) mass is 374 g/mol. The number of aldehydes is 1. The zero-order valence-corrected chi connectivity index (χ0v) is 9.66. The maximum atomic E-state index is 10.4. The fourth-order valence-electron chi connectivity index (χ4n) is 0.669. The number of carbonyl (C=O) groups excluding carboxylic acids is 1. The van der Waals surface area contributed by atoms with Crippen LogP contribution in [0.25, 0.3) is 0 Å². The molecule has 0 aliphatic carbocycles. The van der Waals surface area contributed by atoms with E-state index in [1.165, 1.54) is 0 Å². The Balaban J connectivity index is 3.40. The van der Waals surface area contributed by atoms with Crippen LogP contribution in [-0.2, 0) is 0 Å². The molecule has 1 aromatic rings. The first-order valence-electron chi connectivity index (χ1n) is 2.79. The smallest absolute Gasteiger partial charge is 0.154 e. The van der Waals surface area contributed by atoms with Gasteiger partial charge in [0.15, 0.2) is 6.29 Å². The molecule has 0 aliphatic heterocycles. The third-order valence-electron chi connectivity index (χ3n) is 1.23. The van der Waals surface area contributed by atoms with E-state index in [2.05, 4.69) is 0 Å². The molecule has 1 N–H and O–H groups in total. The molecule has 0 atom stereocenters. The Hall–Kier alpha value is 0.150. The number of benzene rings is 1. The molecule has 0 fully saturated rings. The highest BCUT2D eigenvalue weighted by Crippen LogP contribution is 2.26. The lowest BCUT2D eigenvalue weighted by Crippen LogP contribution is -1.88. The van der Waals surface area contributed by atoms with Crippen molar-refractivity contribution >= 4 is 51.5 Å². The van der Waals surface area contributed by atoms with E-state index < -0.39 is 0 Å². The number of rotatable bonds is 1. The van der Waals surface area contributed by atoms with Gasteiger partial charge in [-0.2, -0.15) is 0 Å². The summed E-state index contributed by atoms with van der Waals surface area (Å²) in [6, 6.07) is 3.57. The van der Waals surface area contributed by atoms with Crippen molar-refractivity contribution in [3.8, 4) is 5.75 Å². The fourth-order valence-corrected chi connectivity index (χ4v) is 1.70. The maximum Gasteiger partial charge on any atom is 0.154 e. The average Bonchev–Trinajstić information content (AvgIpc) is 1.99. The zero-order chi connectivity index (χ0) is 8.43. The predicted molar refractivity (Wildman–Crippen MR) is 58.9 cm³/mol. The molecular formula is C7H4I2O2. The molecule has 0 radical (unpaired) electrons. The topological polar surface area (TPSA) is 37.3 Å². The lowest BCUT2D eigenvalue weighted by molar-refractivity contribution is 0.112. The lowest BCUT2D eigenvalue weighted by Gasteiger charge is -2.01. The predicted octanol–water partition coefficient (Wildman–Crippen LogP) is 2.41. The van der Waals surface area contributed by atoms with Gasteiger partial charge < -0.3 is 5.11 Å². The SMILES string of the molecule is O=Cc1c(I)ccc(I)c1O. The summed E-state index contributed by atoms with van der Waals surface area (Å²) in [5, 5.41) is 9.33.